The van der Waals surface area contributed by atoms with E-state index in [4.69, 9.17) is 11.6 Å². The number of nitrogens with zero attached hydrogens (tertiary/aromatic N) is 2. The van der Waals surface area contributed by atoms with Crippen LogP contribution in [0, 0.1) is 0 Å². The zero-order valence-corrected chi connectivity index (χ0v) is 18.8. The molecule has 3 amide bonds. The van der Waals surface area contributed by atoms with Crippen LogP contribution in [0.5, 0.6) is 0 Å². The third kappa shape index (κ3) is 5.73. The van der Waals surface area contributed by atoms with Crippen molar-refractivity contribution >= 4 is 74.7 Å². The highest BCUT2D eigenvalue weighted by Gasteiger charge is 2.24. The zero-order valence-electron chi connectivity index (χ0n) is 15.6. The first-order valence-corrected chi connectivity index (χ1v) is 11.8. The number of amides is 3. The summed E-state index contributed by atoms with van der Waals surface area (Å²) in [6.45, 7) is 0. The molecule has 2 heterocycles. The summed E-state index contributed by atoms with van der Waals surface area (Å²) < 4.78 is 0.745. The summed E-state index contributed by atoms with van der Waals surface area (Å²) in [4.78, 5) is 35.6. The minimum atomic E-state index is -0.419. The van der Waals surface area contributed by atoms with Gasteiger partial charge in [-0.05, 0) is 53.2 Å². The molecule has 3 aromatic rings. The molecule has 11 heteroatoms. The molecular weight excluding hydrogens is 476 g/mol. The number of carbonyl (C=O) groups is 3. The summed E-state index contributed by atoms with van der Waals surface area (Å²) in [5, 5.41) is 13.8. The summed E-state index contributed by atoms with van der Waals surface area (Å²) in [6, 6.07) is 14.3. The second kappa shape index (κ2) is 9.65. The molecule has 0 saturated carbocycles. The molecule has 0 bridgehead atoms. The van der Waals surface area contributed by atoms with E-state index in [9.17, 15) is 14.4 Å². The van der Waals surface area contributed by atoms with Gasteiger partial charge in [0.25, 0.3) is 17.1 Å². The first-order chi connectivity index (χ1) is 15.0. The molecule has 0 unspecified atom stereocenters. The van der Waals surface area contributed by atoms with Gasteiger partial charge in [-0.1, -0.05) is 59.0 Å². The van der Waals surface area contributed by atoms with E-state index in [0.29, 0.717) is 26.2 Å². The van der Waals surface area contributed by atoms with E-state index >= 15 is 0 Å². The van der Waals surface area contributed by atoms with Crippen LogP contribution in [0.1, 0.15) is 21.5 Å². The Balaban J connectivity index is 1.34. The summed E-state index contributed by atoms with van der Waals surface area (Å²) in [6.07, 6.45) is 1.60. The largest absolute Gasteiger partial charge is 0.296 e. The third-order valence-corrected chi connectivity index (χ3v) is 7.12. The number of benzene rings is 2. The fraction of sp³-hybridized carbons (Fsp3) is 0.0500. The number of rotatable bonds is 6. The number of aromatic nitrogens is 2. The lowest BCUT2D eigenvalue weighted by Gasteiger charge is -2.02. The molecule has 0 aliphatic carbocycles. The predicted octanol–water partition coefficient (Wildman–Crippen LogP) is 5.06. The molecular formula is C20H13ClN4O3S3. The van der Waals surface area contributed by atoms with Crippen LogP contribution >= 0.6 is 46.5 Å². The Bertz CT molecular complexity index is 1180. The van der Waals surface area contributed by atoms with Gasteiger partial charge < -0.3 is 0 Å². The maximum Gasteiger partial charge on any atom is 0.290 e. The van der Waals surface area contributed by atoms with Gasteiger partial charge in [0, 0.05) is 16.3 Å². The molecule has 2 N–H and O–H groups in total. The van der Waals surface area contributed by atoms with E-state index in [1.807, 2.05) is 24.3 Å². The van der Waals surface area contributed by atoms with Crippen molar-refractivity contribution < 1.29 is 14.4 Å². The van der Waals surface area contributed by atoms with Crippen molar-refractivity contribution in [2.75, 3.05) is 5.32 Å². The van der Waals surface area contributed by atoms with Gasteiger partial charge in [-0.2, -0.15) is 0 Å². The SMILES string of the molecule is O=C1NC(=O)/C(=C\c2ccc(C(=O)Nc3nnc(SCc4ccc(Cl)cc4)s3)cc2)S1. The van der Waals surface area contributed by atoms with E-state index in [1.165, 1.54) is 23.1 Å². The average Bonchev–Trinajstić information content (AvgIpc) is 3.33. The molecule has 2 aromatic carbocycles. The Morgan fingerprint density at radius 2 is 1.84 bits per heavy atom. The molecule has 0 spiro atoms. The van der Waals surface area contributed by atoms with Crippen LogP contribution in [-0.2, 0) is 10.5 Å². The highest BCUT2D eigenvalue weighted by molar-refractivity contribution is 8.18. The predicted molar refractivity (Wildman–Crippen MR) is 124 cm³/mol. The van der Waals surface area contributed by atoms with Crippen molar-refractivity contribution in [2.45, 2.75) is 10.1 Å². The van der Waals surface area contributed by atoms with E-state index < -0.39 is 11.1 Å². The molecule has 31 heavy (non-hydrogen) atoms. The van der Waals surface area contributed by atoms with Gasteiger partial charge in [0.2, 0.25) is 5.13 Å². The van der Waals surface area contributed by atoms with Gasteiger partial charge in [0.15, 0.2) is 4.34 Å². The van der Waals surface area contributed by atoms with E-state index in [1.54, 1.807) is 30.3 Å². The monoisotopic (exact) mass is 488 g/mol. The van der Waals surface area contributed by atoms with E-state index in [0.717, 1.165) is 27.4 Å². The molecule has 0 atom stereocenters. The minimum Gasteiger partial charge on any atom is -0.296 e. The topological polar surface area (TPSA) is 101 Å². The second-order valence-electron chi connectivity index (χ2n) is 6.22. The smallest absolute Gasteiger partial charge is 0.290 e. The van der Waals surface area contributed by atoms with Crippen LogP contribution < -0.4 is 10.6 Å². The van der Waals surface area contributed by atoms with E-state index in [-0.39, 0.29) is 5.91 Å². The summed E-state index contributed by atoms with van der Waals surface area (Å²) in [5.74, 6) is -0.0101. The summed E-state index contributed by atoms with van der Waals surface area (Å²) >= 11 is 9.56. The maximum atomic E-state index is 12.5. The number of anilines is 1. The first-order valence-electron chi connectivity index (χ1n) is 8.83. The molecule has 1 aliphatic rings. The molecule has 156 valence electrons. The minimum absolute atomic E-state index is 0.312. The summed E-state index contributed by atoms with van der Waals surface area (Å²) in [7, 11) is 0. The van der Waals surface area contributed by atoms with Crippen LogP contribution in [0.15, 0.2) is 57.8 Å². The Morgan fingerprint density at radius 1 is 1.10 bits per heavy atom. The fourth-order valence-electron chi connectivity index (χ4n) is 2.52. The molecule has 4 rings (SSSR count). The highest BCUT2D eigenvalue weighted by atomic mass is 35.5. The highest BCUT2D eigenvalue weighted by Crippen LogP contribution is 2.29. The quantitative estimate of drug-likeness (QED) is 0.284. The van der Waals surface area contributed by atoms with Gasteiger partial charge in [-0.15, -0.1) is 10.2 Å². The summed E-state index contributed by atoms with van der Waals surface area (Å²) in [5.41, 5.74) is 2.26. The molecule has 1 fully saturated rings. The van der Waals surface area contributed by atoms with Crippen molar-refractivity contribution in [3.63, 3.8) is 0 Å². The van der Waals surface area contributed by atoms with Gasteiger partial charge >= 0.3 is 0 Å². The number of nitrogens with one attached hydrogen (secondary N) is 2. The number of hydrogen-bond acceptors (Lipinski definition) is 8. The number of halogens is 1. The van der Waals surface area contributed by atoms with Gasteiger partial charge in [-0.25, -0.2) is 0 Å². The van der Waals surface area contributed by atoms with Crippen LogP contribution in [0.2, 0.25) is 5.02 Å². The van der Waals surface area contributed by atoms with Crippen molar-refractivity contribution in [2.24, 2.45) is 0 Å². The van der Waals surface area contributed by atoms with E-state index in [2.05, 4.69) is 20.8 Å². The lowest BCUT2D eigenvalue weighted by atomic mass is 10.1. The molecule has 1 aliphatic heterocycles. The maximum absolute atomic E-state index is 12.5. The van der Waals surface area contributed by atoms with Crippen molar-refractivity contribution in [3.8, 4) is 0 Å². The third-order valence-electron chi connectivity index (χ3n) is 4.02. The van der Waals surface area contributed by atoms with Crippen LogP contribution in [0.4, 0.5) is 9.93 Å². The zero-order chi connectivity index (χ0) is 21.8. The lowest BCUT2D eigenvalue weighted by Crippen LogP contribution is -2.17. The molecule has 1 aromatic heterocycles. The van der Waals surface area contributed by atoms with Crippen molar-refractivity contribution in [1.82, 2.24) is 15.5 Å². The Hall–Kier alpha value is -2.66. The van der Waals surface area contributed by atoms with Crippen LogP contribution in [-0.4, -0.2) is 27.3 Å². The van der Waals surface area contributed by atoms with Crippen LogP contribution in [0.25, 0.3) is 6.08 Å². The molecule has 7 nitrogen and oxygen atoms in total. The lowest BCUT2D eigenvalue weighted by molar-refractivity contribution is -0.115. The number of carbonyl (C=O) groups excluding carboxylic acids is 3. The van der Waals surface area contributed by atoms with Crippen molar-refractivity contribution in [3.05, 3.63) is 75.1 Å². The Labute approximate surface area is 194 Å². The fourth-order valence-corrected chi connectivity index (χ4v) is 5.03. The van der Waals surface area contributed by atoms with Gasteiger partial charge in [0.05, 0.1) is 4.91 Å². The van der Waals surface area contributed by atoms with Gasteiger partial charge in [0.1, 0.15) is 0 Å². The Morgan fingerprint density at radius 3 is 2.52 bits per heavy atom. The van der Waals surface area contributed by atoms with Gasteiger partial charge in [-0.3, -0.25) is 25.0 Å². The standard InChI is InChI=1S/C20H13ClN4O3S3/c21-14-7-3-12(4-8-14)10-29-20-25-24-18(31-20)22-16(26)13-5-1-11(2-6-13)9-15-17(27)23-19(28)30-15/h1-9H,10H2,(H,22,24,26)(H,23,27,28)/b15-9+. The first kappa shape index (κ1) is 21.6. The second-order valence-corrected chi connectivity index (χ2v) is 9.87. The number of thioether (sulfide) groups is 2. The Kier molecular flexibility index (Phi) is 6.71. The number of imide groups is 1. The van der Waals surface area contributed by atoms with Crippen molar-refractivity contribution in [1.29, 1.82) is 0 Å². The number of hydrogen-bond donors (Lipinski definition) is 2. The van der Waals surface area contributed by atoms with Crippen LogP contribution in [0.3, 0.4) is 0 Å². The molecule has 0 radical (unpaired) electrons. The normalized spacial score (nSPS) is 14.7. The molecule has 1 saturated heterocycles. The average molecular weight is 489 g/mol.